The Morgan fingerprint density at radius 3 is 2.23 bits per heavy atom. The standard InChI is InChI=1S/C9H10FIO2/c1-12-8-3-6(5-10)7(11)4-9(8)13-2/h3-4H,5H2,1-2H3. The molecule has 0 bridgehead atoms. The lowest BCUT2D eigenvalue weighted by molar-refractivity contribution is 0.353. The zero-order valence-corrected chi connectivity index (χ0v) is 9.59. The molecule has 0 aliphatic carbocycles. The summed E-state index contributed by atoms with van der Waals surface area (Å²) in [7, 11) is 3.09. The van der Waals surface area contributed by atoms with E-state index < -0.39 is 6.67 Å². The Morgan fingerprint density at radius 2 is 1.77 bits per heavy atom. The van der Waals surface area contributed by atoms with E-state index in [4.69, 9.17) is 9.47 Å². The first-order chi connectivity index (χ1) is 6.22. The molecule has 0 amide bonds. The molecule has 1 rings (SSSR count). The summed E-state index contributed by atoms with van der Waals surface area (Å²) < 4.78 is 23.4. The van der Waals surface area contributed by atoms with Crippen LogP contribution in [0.25, 0.3) is 0 Å². The van der Waals surface area contributed by atoms with Crippen molar-refractivity contribution < 1.29 is 13.9 Å². The van der Waals surface area contributed by atoms with Crippen LogP contribution in [0.4, 0.5) is 4.39 Å². The summed E-state index contributed by atoms with van der Waals surface area (Å²) in [4.78, 5) is 0. The molecule has 0 aliphatic heterocycles. The number of hydrogen-bond acceptors (Lipinski definition) is 2. The molecule has 0 N–H and O–H groups in total. The molecule has 0 saturated carbocycles. The molecule has 2 nitrogen and oxygen atoms in total. The monoisotopic (exact) mass is 296 g/mol. The molecule has 0 saturated heterocycles. The Bertz CT molecular complexity index is 302. The topological polar surface area (TPSA) is 18.5 Å². The van der Waals surface area contributed by atoms with Gasteiger partial charge in [-0.15, -0.1) is 0 Å². The SMILES string of the molecule is COc1cc(I)c(CF)cc1OC. The van der Waals surface area contributed by atoms with Gasteiger partial charge in [-0.05, 0) is 34.7 Å². The summed E-state index contributed by atoms with van der Waals surface area (Å²) >= 11 is 2.07. The molecule has 0 spiro atoms. The van der Waals surface area contributed by atoms with Crippen molar-refractivity contribution in [3.63, 3.8) is 0 Å². The largest absolute Gasteiger partial charge is 0.493 e. The fourth-order valence-corrected chi connectivity index (χ4v) is 1.58. The van der Waals surface area contributed by atoms with Crippen molar-refractivity contribution >= 4 is 22.6 Å². The fraction of sp³-hybridized carbons (Fsp3) is 0.333. The van der Waals surface area contributed by atoms with Gasteiger partial charge in [0.15, 0.2) is 11.5 Å². The van der Waals surface area contributed by atoms with Gasteiger partial charge in [0.2, 0.25) is 0 Å². The van der Waals surface area contributed by atoms with Crippen LogP contribution in [0.15, 0.2) is 12.1 Å². The first-order valence-electron chi connectivity index (χ1n) is 3.69. The molecule has 0 heterocycles. The van der Waals surface area contributed by atoms with Crippen molar-refractivity contribution in [2.45, 2.75) is 6.67 Å². The van der Waals surface area contributed by atoms with Crippen molar-refractivity contribution in [3.05, 3.63) is 21.3 Å². The molecule has 4 heteroatoms. The second-order valence-electron chi connectivity index (χ2n) is 2.43. The molecule has 0 fully saturated rings. The zero-order chi connectivity index (χ0) is 9.84. The molecule has 0 aliphatic rings. The van der Waals surface area contributed by atoms with E-state index >= 15 is 0 Å². The van der Waals surface area contributed by atoms with E-state index in [0.29, 0.717) is 17.1 Å². The van der Waals surface area contributed by atoms with Crippen LogP contribution in [0.3, 0.4) is 0 Å². The number of hydrogen-bond donors (Lipinski definition) is 0. The van der Waals surface area contributed by atoms with Crippen molar-refractivity contribution in [2.24, 2.45) is 0 Å². The van der Waals surface area contributed by atoms with Crippen molar-refractivity contribution in [1.29, 1.82) is 0 Å². The third-order valence-corrected chi connectivity index (χ3v) is 2.70. The molecule has 1 aromatic rings. The summed E-state index contributed by atoms with van der Waals surface area (Å²) in [6, 6.07) is 3.41. The molecule has 13 heavy (non-hydrogen) atoms. The van der Waals surface area contributed by atoms with Crippen molar-refractivity contribution in [2.75, 3.05) is 14.2 Å². The van der Waals surface area contributed by atoms with Crippen molar-refractivity contribution in [3.8, 4) is 11.5 Å². The highest BCUT2D eigenvalue weighted by molar-refractivity contribution is 14.1. The number of methoxy groups -OCH3 is 2. The van der Waals surface area contributed by atoms with E-state index in [2.05, 4.69) is 22.6 Å². The van der Waals surface area contributed by atoms with Gasteiger partial charge in [0.1, 0.15) is 6.67 Å². The Kier molecular flexibility index (Phi) is 3.77. The Hall–Kier alpha value is -0.520. The molecular formula is C9H10FIO2. The molecule has 0 atom stereocenters. The smallest absolute Gasteiger partial charge is 0.161 e. The van der Waals surface area contributed by atoms with Crippen LogP contribution >= 0.6 is 22.6 Å². The maximum absolute atomic E-state index is 12.4. The number of alkyl halides is 1. The lowest BCUT2D eigenvalue weighted by Crippen LogP contribution is -1.94. The van der Waals surface area contributed by atoms with E-state index in [0.717, 1.165) is 3.57 Å². The summed E-state index contributed by atoms with van der Waals surface area (Å²) in [5, 5.41) is 0. The van der Waals surface area contributed by atoms with Crippen LogP contribution < -0.4 is 9.47 Å². The quantitative estimate of drug-likeness (QED) is 0.799. The van der Waals surface area contributed by atoms with Crippen LogP contribution in [0.2, 0.25) is 0 Å². The average molecular weight is 296 g/mol. The molecule has 0 aromatic heterocycles. The highest BCUT2D eigenvalue weighted by atomic mass is 127. The molecule has 0 radical (unpaired) electrons. The Balaban J connectivity index is 3.18. The molecule has 1 aromatic carbocycles. The van der Waals surface area contributed by atoms with Gasteiger partial charge >= 0.3 is 0 Å². The average Bonchev–Trinajstić information content (AvgIpc) is 2.17. The minimum absolute atomic E-state index is 0.487. The summed E-state index contributed by atoms with van der Waals surface area (Å²) in [5.41, 5.74) is 0.623. The predicted molar refractivity (Wildman–Crippen MR) is 57.1 cm³/mol. The lowest BCUT2D eigenvalue weighted by atomic mass is 10.2. The van der Waals surface area contributed by atoms with E-state index in [9.17, 15) is 4.39 Å². The second kappa shape index (κ2) is 4.64. The van der Waals surface area contributed by atoms with E-state index in [-0.39, 0.29) is 0 Å². The first kappa shape index (κ1) is 10.6. The predicted octanol–water partition coefficient (Wildman–Crippen LogP) is 2.78. The van der Waals surface area contributed by atoms with Crippen LogP contribution in [0, 0.1) is 3.57 Å². The van der Waals surface area contributed by atoms with Gasteiger partial charge in [-0.25, -0.2) is 4.39 Å². The summed E-state index contributed by atoms with van der Waals surface area (Å²) in [6.45, 7) is -0.487. The van der Waals surface area contributed by atoms with E-state index in [1.807, 2.05) is 0 Å². The Labute approximate surface area is 90.2 Å². The number of halogens is 2. The lowest BCUT2D eigenvalue weighted by Gasteiger charge is -2.09. The van der Waals surface area contributed by atoms with E-state index in [1.54, 1.807) is 19.2 Å². The number of rotatable bonds is 3. The van der Waals surface area contributed by atoms with Gasteiger partial charge in [0.25, 0.3) is 0 Å². The maximum Gasteiger partial charge on any atom is 0.161 e. The fourth-order valence-electron chi connectivity index (χ4n) is 0.999. The summed E-state index contributed by atoms with van der Waals surface area (Å²) in [5.74, 6) is 1.19. The van der Waals surface area contributed by atoms with Gasteiger partial charge in [-0.3, -0.25) is 0 Å². The van der Waals surface area contributed by atoms with Gasteiger partial charge in [0, 0.05) is 9.13 Å². The van der Waals surface area contributed by atoms with Crippen LogP contribution in [-0.2, 0) is 6.67 Å². The minimum atomic E-state index is -0.487. The third-order valence-electron chi connectivity index (χ3n) is 1.70. The molecule has 0 unspecified atom stereocenters. The second-order valence-corrected chi connectivity index (χ2v) is 3.59. The van der Waals surface area contributed by atoms with Gasteiger partial charge in [-0.2, -0.15) is 0 Å². The van der Waals surface area contributed by atoms with E-state index in [1.165, 1.54) is 7.11 Å². The highest BCUT2D eigenvalue weighted by Crippen LogP contribution is 2.31. The normalized spacial score (nSPS) is 9.85. The van der Waals surface area contributed by atoms with Crippen LogP contribution in [0.1, 0.15) is 5.56 Å². The summed E-state index contributed by atoms with van der Waals surface area (Å²) in [6.07, 6.45) is 0. The van der Waals surface area contributed by atoms with Crippen LogP contribution in [0.5, 0.6) is 11.5 Å². The zero-order valence-electron chi connectivity index (χ0n) is 7.43. The Morgan fingerprint density at radius 1 is 1.23 bits per heavy atom. The first-order valence-corrected chi connectivity index (χ1v) is 4.77. The third kappa shape index (κ3) is 2.24. The highest BCUT2D eigenvalue weighted by Gasteiger charge is 2.08. The van der Waals surface area contributed by atoms with Gasteiger partial charge in [-0.1, -0.05) is 0 Å². The minimum Gasteiger partial charge on any atom is -0.493 e. The number of benzene rings is 1. The van der Waals surface area contributed by atoms with Gasteiger partial charge < -0.3 is 9.47 Å². The number of ether oxygens (including phenoxy) is 2. The van der Waals surface area contributed by atoms with Crippen molar-refractivity contribution in [1.82, 2.24) is 0 Å². The maximum atomic E-state index is 12.4. The van der Waals surface area contributed by atoms with Gasteiger partial charge in [0.05, 0.1) is 14.2 Å². The van der Waals surface area contributed by atoms with Crippen LogP contribution in [-0.4, -0.2) is 14.2 Å². The molecular weight excluding hydrogens is 286 g/mol. The molecule has 72 valence electrons.